The van der Waals surface area contributed by atoms with Crippen molar-refractivity contribution < 1.29 is 0 Å². The van der Waals surface area contributed by atoms with E-state index in [-0.39, 0.29) is 0 Å². The van der Waals surface area contributed by atoms with Crippen LogP contribution in [-0.4, -0.2) is 24.6 Å². The van der Waals surface area contributed by atoms with Gasteiger partial charge in [-0.25, -0.2) is 4.98 Å². The van der Waals surface area contributed by atoms with Gasteiger partial charge in [-0.15, -0.1) is 10.2 Å². The molecule has 0 aromatic carbocycles. The van der Waals surface area contributed by atoms with Crippen molar-refractivity contribution in [1.82, 2.24) is 24.6 Å². The number of rotatable bonds is 3. The minimum absolute atomic E-state index is 0.660. The minimum Gasteiger partial charge on any atom is -0.363 e. The van der Waals surface area contributed by atoms with Crippen LogP contribution in [0.1, 0.15) is 11.3 Å². The Morgan fingerprint density at radius 3 is 3.06 bits per heavy atom. The maximum absolute atomic E-state index is 4.26. The summed E-state index contributed by atoms with van der Waals surface area (Å²) >= 11 is 0. The van der Waals surface area contributed by atoms with Crippen LogP contribution in [-0.2, 0) is 6.54 Å². The number of aryl methyl sites for hydroxylation is 1. The Morgan fingerprint density at radius 1 is 1.28 bits per heavy atom. The van der Waals surface area contributed by atoms with Gasteiger partial charge in [0.05, 0.1) is 0 Å². The maximum atomic E-state index is 4.26. The van der Waals surface area contributed by atoms with E-state index in [2.05, 4.69) is 25.5 Å². The Labute approximate surface area is 104 Å². The number of nitrogens with one attached hydrogen (secondary N) is 1. The number of anilines is 1. The summed E-state index contributed by atoms with van der Waals surface area (Å²) in [5.74, 6) is 0.718. The SMILES string of the molecule is Cc1ccc(CNc2nccn3cnnc23)cn1. The quantitative estimate of drug-likeness (QED) is 0.750. The largest absolute Gasteiger partial charge is 0.363 e. The van der Waals surface area contributed by atoms with Crippen molar-refractivity contribution in [2.75, 3.05) is 5.32 Å². The van der Waals surface area contributed by atoms with Crippen LogP contribution < -0.4 is 5.32 Å². The summed E-state index contributed by atoms with van der Waals surface area (Å²) in [6.07, 6.45) is 7.03. The molecule has 18 heavy (non-hydrogen) atoms. The van der Waals surface area contributed by atoms with E-state index in [1.165, 1.54) is 0 Å². The number of hydrogen-bond donors (Lipinski definition) is 1. The van der Waals surface area contributed by atoms with E-state index in [9.17, 15) is 0 Å². The van der Waals surface area contributed by atoms with Crippen LogP contribution in [0, 0.1) is 6.92 Å². The number of aromatic nitrogens is 5. The first-order chi connectivity index (χ1) is 8.83. The highest BCUT2D eigenvalue weighted by Gasteiger charge is 2.04. The molecule has 0 aliphatic heterocycles. The first-order valence-corrected chi connectivity index (χ1v) is 5.63. The molecule has 0 saturated carbocycles. The van der Waals surface area contributed by atoms with Gasteiger partial charge in [0.25, 0.3) is 0 Å². The van der Waals surface area contributed by atoms with E-state index in [0.717, 1.165) is 22.7 Å². The molecule has 3 heterocycles. The van der Waals surface area contributed by atoms with Crippen molar-refractivity contribution in [2.24, 2.45) is 0 Å². The fraction of sp³-hybridized carbons (Fsp3) is 0.167. The van der Waals surface area contributed by atoms with Crippen molar-refractivity contribution in [3.63, 3.8) is 0 Å². The van der Waals surface area contributed by atoms with Crippen LogP contribution in [0.4, 0.5) is 5.82 Å². The molecule has 3 aromatic heterocycles. The number of fused-ring (bicyclic) bond motifs is 1. The molecule has 6 nitrogen and oxygen atoms in total. The normalized spacial score (nSPS) is 10.7. The predicted octanol–water partition coefficient (Wildman–Crippen LogP) is 1.44. The van der Waals surface area contributed by atoms with E-state index < -0.39 is 0 Å². The van der Waals surface area contributed by atoms with Crippen molar-refractivity contribution in [3.05, 3.63) is 48.3 Å². The van der Waals surface area contributed by atoms with Gasteiger partial charge in [-0.2, -0.15) is 0 Å². The molecule has 3 aromatic rings. The molecule has 0 amide bonds. The lowest BCUT2D eigenvalue weighted by atomic mass is 10.2. The smallest absolute Gasteiger partial charge is 0.203 e. The van der Waals surface area contributed by atoms with Crippen molar-refractivity contribution in [2.45, 2.75) is 13.5 Å². The summed E-state index contributed by atoms with van der Waals surface area (Å²) in [5, 5.41) is 11.1. The van der Waals surface area contributed by atoms with Gasteiger partial charge < -0.3 is 5.32 Å². The van der Waals surface area contributed by atoms with Crippen LogP contribution in [0.2, 0.25) is 0 Å². The van der Waals surface area contributed by atoms with Gasteiger partial charge in [0.15, 0.2) is 5.82 Å². The predicted molar refractivity (Wildman–Crippen MR) is 67.1 cm³/mol. The second-order valence-corrected chi connectivity index (χ2v) is 4.00. The summed E-state index contributed by atoms with van der Waals surface area (Å²) in [6, 6.07) is 4.03. The molecule has 0 aliphatic carbocycles. The van der Waals surface area contributed by atoms with Crippen LogP contribution >= 0.6 is 0 Å². The lowest BCUT2D eigenvalue weighted by molar-refractivity contribution is 1.05. The van der Waals surface area contributed by atoms with Crippen LogP contribution in [0.25, 0.3) is 5.65 Å². The average Bonchev–Trinajstić information content (AvgIpc) is 2.87. The van der Waals surface area contributed by atoms with E-state index >= 15 is 0 Å². The molecule has 0 fully saturated rings. The van der Waals surface area contributed by atoms with Gasteiger partial charge in [0.1, 0.15) is 6.33 Å². The topological polar surface area (TPSA) is 68.0 Å². The Hall–Kier alpha value is -2.50. The van der Waals surface area contributed by atoms with Crippen LogP contribution in [0.15, 0.2) is 37.1 Å². The van der Waals surface area contributed by atoms with E-state index in [4.69, 9.17) is 0 Å². The third kappa shape index (κ3) is 2.00. The van der Waals surface area contributed by atoms with Crippen molar-refractivity contribution >= 4 is 11.5 Å². The summed E-state index contributed by atoms with van der Waals surface area (Å²) in [6.45, 7) is 2.63. The van der Waals surface area contributed by atoms with E-state index in [1.54, 1.807) is 12.5 Å². The summed E-state index contributed by atoms with van der Waals surface area (Å²) < 4.78 is 1.82. The molecule has 0 unspecified atom stereocenters. The Balaban J connectivity index is 1.80. The lowest BCUT2D eigenvalue weighted by Crippen LogP contribution is -2.04. The second-order valence-electron chi connectivity index (χ2n) is 4.00. The molecule has 0 bridgehead atoms. The molecule has 6 heteroatoms. The van der Waals surface area contributed by atoms with Gasteiger partial charge in [-0.1, -0.05) is 6.07 Å². The van der Waals surface area contributed by atoms with Crippen LogP contribution in [0.5, 0.6) is 0 Å². The highest BCUT2D eigenvalue weighted by atomic mass is 15.2. The molecule has 0 aliphatic rings. The summed E-state index contributed by atoms with van der Waals surface area (Å²) in [5.41, 5.74) is 2.83. The molecule has 90 valence electrons. The van der Waals surface area contributed by atoms with Crippen molar-refractivity contribution in [1.29, 1.82) is 0 Å². The first kappa shape index (κ1) is 10.6. The van der Waals surface area contributed by atoms with Gasteiger partial charge in [-0.3, -0.25) is 9.38 Å². The minimum atomic E-state index is 0.660. The molecular weight excluding hydrogens is 228 g/mol. The first-order valence-electron chi connectivity index (χ1n) is 5.63. The fourth-order valence-corrected chi connectivity index (χ4v) is 1.67. The second kappa shape index (κ2) is 4.40. The fourth-order valence-electron chi connectivity index (χ4n) is 1.67. The third-order valence-corrected chi connectivity index (χ3v) is 2.65. The molecule has 0 radical (unpaired) electrons. The van der Waals surface area contributed by atoms with Gasteiger partial charge in [-0.05, 0) is 18.6 Å². The van der Waals surface area contributed by atoms with Gasteiger partial charge in [0, 0.05) is 30.8 Å². The summed E-state index contributed by atoms with van der Waals surface area (Å²) in [4.78, 5) is 8.51. The van der Waals surface area contributed by atoms with Gasteiger partial charge >= 0.3 is 0 Å². The monoisotopic (exact) mass is 240 g/mol. The van der Waals surface area contributed by atoms with E-state index in [1.807, 2.05) is 35.9 Å². The highest BCUT2D eigenvalue weighted by Crippen LogP contribution is 2.11. The average molecular weight is 240 g/mol. The Bertz CT molecular complexity index is 658. The molecule has 0 atom stereocenters. The molecule has 0 spiro atoms. The Kier molecular flexibility index (Phi) is 2.60. The van der Waals surface area contributed by atoms with Gasteiger partial charge in [0.2, 0.25) is 5.65 Å². The zero-order valence-corrected chi connectivity index (χ0v) is 9.91. The standard InChI is InChI=1S/C12H12N6/c1-9-2-3-10(6-14-9)7-15-11-12-17-16-8-18(12)5-4-13-11/h2-6,8H,7H2,1H3,(H,13,15). The number of pyridine rings is 1. The Morgan fingerprint density at radius 2 is 2.22 bits per heavy atom. The molecular formula is C12H12N6. The summed E-state index contributed by atoms with van der Waals surface area (Å²) in [7, 11) is 0. The highest BCUT2D eigenvalue weighted by molar-refractivity contribution is 5.61. The lowest BCUT2D eigenvalue weighted by Gasteiger charge is -2.06. The van der Waals surface area contributed by atoms with Crippen LogP contribution in [0.3, 0.4) is 0 Å². The zero-order valence-electron chi connectivity index (χ0n) is 9.91. The molecule has 3 rings (SSSR count). The number of hydrogen-bond acceptors (Lipinski definition) is 5. The maximum Gasteiger partial charge on any atom is 0.203 e. The third-order valence-electron chi connectivity index (χ3n) is 2.65. The number of nitrogens with zero attached hydrogens (tertiary/aromatic N) is 5. The van der Waals surface area contributed by atoms with E-state index in [0.29, 0.717) is 6.54 Å². The molecule has 1 N–H and O–H groups in total. The zero-order chi connectivity index (χ0) is 12.4. The van der Waals surface area contributed by atoms with Crippen molar-refractivity contribution in [3.8, 4) is 0 Å². The molecule has 0 saturated heterocycles.